The fourth-order valence-electron chi connectivity index (χ4n) is 2.86. The van der Waals surface area contributed by atoms with Crippen molar-refractivity contribution in [2.75, 3.05) is 49.0 Å². The summed E-state index contributed by atoms with van der Waals surface area (Å²) in [4.78, 5) is 57.1. The number of carbonyl (C=O) groups excluding carboxylic acids is 4. The zero-order chi connectivity index (χ0) is 21.4. The third-order valence-electron chi connectivity index (χ3n) is 4.42. The van der Waals surface area contributed by atoms with Gasteiger partial charge in [0.15, 0.2) is 5.76 Å². The molecule has 1 aliphatic heterocycles. The average molecular weight is 396 g/mol. The van der Waals surface area contributed by atoms with Crippen LogP contribution in [0.1, 0.15) is 19.3 Å². The molecular formula is C18H28N4O6. The average Bonchev–Trinajstić information content (AvgIpc) is 2.91. The largest absolute Gasteiger partial charge is 0.491 e. The molecule has 1 fully saturated rings. The molecule has 0 N–H and O–H groups in total. The fourth-order valence-corrected chi connectivity index (χ4v) is 2.86. The van der Waals surface area contributed by atoms with Crippen LogP contribution >= 0.6 is 0 Å². The number of aliphatic imine (C=N–C) groups is 1. The van der Waals surface area contributed by atoms with E-state index in [1.54, 1.807) is 0 Å². The number of nitrogens with zero attached hydrogens (tertiary/aromatic N) is 4. The number of amides is 3. The van der Waals surface area contributed by atoms with E-state index in [0.717, 1.165) is 12.5 Å². The number of rotatable bonds is 4. The third-order valence-corrected chi connectivity index (χ3v) is 4.42. The Morgan fingerprint density at radius 1 is 1.07 bits per heavy atom. The fraction of sp³-hybridized carbons (Fsp3) is 0.611. The van der Waals surface area contributed by atoms with Gasteiger partial charge in [0.05, 0.1) is 26.3 Å². The molecule has 0 bridgehead atoms. The van der Waals surface area contributed by atoms with E-state index in [1.807, 2.05) is 0 Å². The molecule has 28 heavy (non-hydrogen) atoms. The summed E-state index contributed by atoms with van der Waals surface area (Å²) < 4.78 is 9.60. The Balaban J connectivity index is 3.23. The van der Waals surface area contributed by atoms with Gasteiger partial charge >= 0.3 is 17.8 Å². The molecule has 156 valence electrons. The maximum Gasteiger partial charge on any atom is 0.334 e. The summed E-state index contributed by atoms with van der Waals surface area (Å²) in [7, 11) is 8.48. The van der Waals surface area contributed by atoms with Crippen LogP contribution in [0.15, 0.2) is 16.8 Å². The Kier molecular flexibility index (Phi) is 8.62. The van der Waals surface area contributed by atoms with Gasteiger partial charge in [-0.25, -0.2) is 4.79 Å². The molecule has 1 aliphatic rings. The normalized spacial score (nSPS) is 18.9. The molecule has 0 aromatic rings. The van der Waals surface area contributed by atoms with E-state index in [-0.39, 0.29) is 5.76 Å². The summed E-state index contributed by atoms with van der Waals surface area (Å²) in [5.74, 6) is -2.52. The lowest BCUT2D eigenvalue weighted by molar-refractivity contribution is -0.150. The van der Waals surface area contributed by atoms with Crippen molar-refractivity contribution in [3.05, 3.63) is 11.8 Å². The number of hydrogen-bond acceptors (Lipinski definition) is 7. The predicted octanol–water partition coefficient (Wildman–Crippen LogP) is -0.354. The Labute approximate surface area is 164 Å². The van der Waals surface area contributed by atoms with Gasteiger partial charge in [0, 0.05) is 34.7 Å². The molecule has 3 amide bonds. The molecule has 1 heterocycles. The first-order chi connectivity index (χ1) is 13.2. The second-order valence-electron chi connectivity index (χ2n) is 6.40. The van der Waals surface area contributed by atoms with Crippen LogP contribution in [-0.2, 0) is 28.7 Å². The van der Waals surface area contributed by atoms with Crippen LogP contribution < -0.4 is 0 Å². The number of amidine groups is 1. The highest BCUT2D eigenvalue weighted by Gasteiger charge is 2.36. The van der Waals surface area contributed by atoms with Gasteiger partial charge in [-0.3, -0.25) is 24.3 Å². The zero-order valence-corrected chi connectivity index (χ0v) is 17.2. The van der Waals surface area contributed by atoms with Crippen molar-refractivity contribution in [2.45, 2.75) is 25.3 Å². The van der Waals surface area contributed by atoms with Gasteiger partial charge in [-0.15, -0.1) is 0 Å². The molecule has 1 rings (SSSR count). The number of likely N-dealkylation sites (N-methyl/N-ethyl adjacent to an activating group) is 2. The minimum Gasteiger partial charge on any atom is -0.491 e. The summed E-state index contributed by atoms with van der Waals surface area (Å²) in [6.45, 7) is 0.341. The first-order valence-electron chi connectivity index (χ1n) is 8.80. The van der Waals surface area contributed by atoms with E-state index in [1.165, 1.54) is 57.1 Å². The summed E-state index contributed by atoms with van der Waals surface area (Å²) in [6, 6.07) is -0.566. The maximum absolute atomic E-state index is 12.9. The van der Waals surface area contributed by atoms with E-state index in [9.17, 15) is 19.2 Å². The molecule has 0 spiro atoms. The second-order valence-corrected chi connectivity index (χ2v) is 6.40. The lowest BCUT2D eigenvalue weighted by Gasteiger charge is -2.32. The topological polar surface area (TPSA) is 109 Å². The molecule has 0 aromatic heterocycles. The van der Waals surface area contributed by atoms with Crippen LogP contribution in [0.4, 0.5) is 0 Å². The quantitative estimate of drug-likeness (QED) is 0.278. The highest BCUT2D eigenvalue weighted by molar-refractivity contribution is 6.35. The van der Waals surface area contributed by atoms with Crippen molar-refractivity contribution in [3.8, 4) is 0 Å². The van der Waals surface area contributed by atoms with Crippen molar-refractivity contribution in [1.29, 1.82) is 0 Å². The van der Waals surface area contributed by atoms with Gasteiger partial charge in [-0.2, -0.15) is 0 Å². The molecule has 10 heteroatoms. The summed E-state index contributed by atoms with van der Waals surface area (Å²) >= 11 is 0. The van der Waals surface area contributed by atoms with Crippen LogP contribution in [-0.4, -0.2) is 99.2 Å². The van der Waals surface area contributed by atoms with Gasteiger partial charge < -0.3 is 19.3 Å². The molecule has 0 aromatic carbocycles. The molecule has 0 aliphatic carbocycles. The first-order valence-corrected chi connectivity index (χ1v) is 8.80. The van der Waals surface area contributed by atoms with E-state index in [2.05, 4.69) is 9.73 Å². The molecule has 10 nitrogen and oxygen atoms in total. The number of ether oxygens (including phenoxy) is 2. The van der Waals surface area contributed by atoms with Crippen molar-refractivity contribution >= 4 is 29.5 Å². The van der Waals surface area contributed by atoms with Crippen LogP contribution in [0, 0.1) is 0 Å². The lowest BCUT2D eigenvalue weighted by atomic mass is 10.1. The highest BCUT2D eigenvalue weighted by Crippen LogP contribution is 2.20. The maximum atomic E-state index is 12.9. The summed E-state index contributed by atoms with van der Waals surface area (Å²) in [5, 5.41) is 0. The van der Waals surface area contributed by atoms with E-state index in [4.69, 9.17) is 4.74 Å². The van der Waals surface area contributed by atoms with Gasteiger partial charge in [-0.05, 0) is 19.3 Å². The SMILES string of the molecule is CN=C1C(N(C)C(=O)C(=O)N(C)C)CCCCN1C(=O)/C(=C/C(=O)OC)OC. The van der Waals surface area contributed by atoms with Crippen molar-refractivity contribution in [3.63, 3.8) is 0 Å². The van der Waals surface area contributed by atoms with Crippen molar-refractivity contribution in [1.82, 2.24) is 14.7 Å². The zero-order valence-electron chi connectivity index (χ0n) is 17.2. The molecule has 1 unspecified atom stereocenters. The molecule has 1 saturated heterocycles. The van der Waals surface area contributed by atoms with E-state index >= 15 is 0 Å². The number of hydrogen-bond donors (Lipinski definition) is 0. The standard InChI is InChI=1S/C18H28N4O6/c1-19-15-12(21(4)18(26)17(25)20(2)3)9-7-8-10-22(15)16(24)13(27-5)11-14(23)28-6/h11-12H,7-10H2,1-6H3/b13-11-,19-15?. The third kappa shape index (κ3) is 5.30. The number of methoxy groups -OCH3 is 2. The number of esters is 1. The van der Waals surface area contributed by atoms with Crippen molar-refractivity contribution < 1.29 is 28.7 Å². The number of likely N-dealkylation sites (tertiary alicyclic amines) is 1. The summed E-state index contributed by atoms with van der Waals surface area (Å²) in [6.07, 6.45) is 2.90. The molecule has 1 atom stereocenters. The Morgan fingerprint density at radius 3 is 2.21 bits per heavy atom. The highest BCUT2D eigenvalue weighted by atomic mass is 16.5. The molecule has 0 saturated carbocycles. The smallest absolute Gasteiger partial charge is 0.334 e. The minimum atomic E-state index is -0.726. The van der Waals surface area contributed by atoms with Crippen LogP contribution in [0.25, 0.3) is 0 Å². The van der Waals surface area contributed by atoms with Crippen LogP contribution in [0.3, 0.4) is 0 Å². The minimum absolute atomic E-state index is 0.202. The van der Waals surface area contributed by atoms with Gasteiger partial charge in [-0.1, -0.05) is 0 Å². The molecule has 0 radical (unpaired) electrons. The predicted molar refractivity (Wildman–Crippen MR) is 101 cm³/mol. The number of carbonyl (C=O) groups is 4. The van der Waals surface area contributed by atoms with E-state index < -0.39 is 29.7 Å². The first kappa shape index (κ1) is 23.1. The van der Waals surface area contributed by atoms with Crippen LogP contribution in [0.2, 0.25) is 0 Å². The van der Waals surface area contributed by atoms with Gasteiger partial charge in [0.1, 0.15) is 5.84 Å². The van der Waals surface area contributed by atoms with Gasteiger partial charge in [0.25, 0.3) is 5.91 Å². The Hall–Kier alpha value is -2.91. The lowest BCUT2D eigenvalue weighted by Crippen LogP contribution is -2.53. The van der Waals surface area contributed by atoms with Crippen molar-refractivity contribution in [2.24, 2.45) is 4.99 Å². The summed E-state index contributed by atoms with van der Waals surface area (Å²) in [5.41, 5.74) is 0. The van der Waals surface area contributed by atoms with Crippen LogP contribution in [0.5, 0.6) is 0 Å². The van der Waals surface area contributed by atoms with Gasteiger partial charge in [0.2, 0.25) is 0 Å². The Bertz CT molecular complexity index is 686. The Morgan fingerprint density at radius 2 is 1.71 bits per heavy atom. The molecular weight excluding hydrogens is 368 g/mol. The second kappa shape index (κ2) is 10.4. The monoisotopic (exact) mass is 396 g/mol. The van der Waals surface area contributed by atoms with E-state index in [0.29, 0.717) is 25.2 Å².